The number of aromatic nitrogens is 1. The van der Waals surface area contributed by atoms with Crippen LogP contribution >= 0.6 is 0 Å². The monoisotopic (exact) mass is 263 g/mol. The normalized spacial score (nSPS) is 10.9. The molecular formula is C10H12F3N3O2. The highest BCUT2D eigenvalue weighted by Gasteiger charge is 2.31. The average Bonchev–Trinajstić information content (AvgIpc) is 2.34. The maximum atomic E-state index is 12.6. The van der Waals surface area contributed by atoms with Gasteiger partial charge in [-0.2, -0.15) is 13.2 Å². The third-order valence-electron chi connectivity index (χ3n) is 2.05. The zero-order valence-corrected chi connectivity index (χ0v) is 9.76. The van der Waals surface area contributed by atoms with Gasteiger partial charge in [0.1, 0.15) is 18.2 Å². The minimum Gasteiger partial charge on any atom is -0.468 e. The van der Waals surface area contributed by atoms with Crippen LogP contribution in [-0.4, -0.2) is 31.7 Å². The predicted octanol–water partition coefficient (Wildman–Crippen LogP) is 1.73. The van der Waals surface area contributed by atoms with Gasteiger partial charge in [0.25, 0.3) is 0 Å². The van der Waals surface area contributed by atoms with E-state index in [-0.39, 0.29) is 18.2 Å². The van der Waals surface area contributed by atoms with Gasteiger partial charge in [0.05, 0.1) is 12.7 Å². The second kappa shape index (κ2) is 5.56. The summed E-state index contributed by atoms with van der Waals surface area (Å²) in [6, 6.07) is 1.70. The molecule has 5 nitrogen and oxygen atoms in total. The van der Waals surface area contributed by atoms with E-state index in [1.165, 1.54) is 14.2 Å². The maximum absolute atomic E-state index is 12.6. The van der Waals surface area contributed by atoms with Gasteiger partial charge in [0, 0.05) is 7.05 Å². The smallest absolute Gasteiger partial charge is 0.416 e. The Kier molecular flexibility index (Phi) is 4.35. The van der Waals surface area contributed by atoms with E-state index in [4.69, 9.17) is 0 Å². The molecular weight excluding hydrogens is 251 g/mol. The summed E-state index contributed by atoms with van der Waals surface area (Å²) < 4.78 is 42.1. The molecule has 18 heavy (non-hydrogen) atoms. The molecule has 1 rings (SSSR count). The maximum Gasteiger partial charge on any atom is 0.416 e. The molecule has 0 atom stereocenters. The molecule has 100 valence electrons. The summed E-state index contributed by atoms with van der Waals surface area (Å²) in [5, 5.41) is 4.97. The van der Waals surface area contributed by atoms with E-state index in [9.17, 15) is 18.0 Å². The first kappa shape index (κ1) is 14.1. The van der Waals surface area contributed by atoms with E-state index in [0.29, 0.717) is 0 Å². The van der Waals surface area contributed by atoms with Crippen molar-refractivity contribution in [2.45, 2.75) is 6.18 Å². The number of hydrogen-bond donors (Lipinski definition) is 2. The minimum absolute atomic E-state index is 0.0530. The van der Waals surface area contributed by atoms with Crippen molar-refractivity contribution in [2.24, 2.45) is 0 Å². The number of halogens is 3. The van der Waals surface area contributed by atoms with E-state index < -0.39 is 17.7 Å². The number of nitrogens with zero attached hydrogens (tertiary/aromatic N) is 1. The Morgan fingerprint density at radius 3 is 2.50 bits per heavy atom. The highest BCUT2D eigenvalue weighted by molar-refractivity contribution is 5.74. The Labute approximate surface area is 101 Å². The number of methoxy groups -OCH3 is 1. The molecule has 0 radical (unpaired) electrons. The van der Waals surface area contributed by atoms with E-state index >= 15 is 0 Å². The molecule has 0 bridgehead atoms. The second-order valence-electron chi connectivity index (χ2n) is 3.30. The lowest BCUT2D eigenvalue weighted by Gasteiger charge is -2.12. The van der Waals surface area contributed by atoms with Gasteiger partial charge >= 0.3 is 12.1 Å². The number of ether oxygens (including phenoxy) is 1. The number of nitrogens with one attached hydrogen (secondary N) is 2. The van der Waals surface area contributed by atoms with Gasteiger partial charge in [-0.3, -0.25) is 4.79 Å². The van der Waals surface area contributed by atoms with Gasteiger partial charge in [0.15, 0.2) is 0 Å². The number of rotatable bonds is 4. The summed E-state index contributed by atoms with van der Waals surface area (Å²) in [6.07, 6.45) is -4.48. The summed E-state index contributed by atoms with van der Waals surface area (Å²) in [5.74, 6) is -0.600. The molecule has 0 amide bonds. The van der Waals surface area contributed by atoms with Crippen LogP contribution in [0.3, 0.4) is 0 Å². The third-order valence-corrected chi connectivity index (χ3v) is 2.05. The molecule has 8 heteroatoms. The number of carbonyl (C=O) groups is 1. The van der Waals surface area contributed by atoms with Gasteiger partial charge in [0.2, 0.25) is 0 Å². The first-order valence-corrected chi connectivity index (χ1v) is 4.94. The zero-order valence-electron chi connectivity index (χ0n) is 9.76. The van der Waals surface area contributed by atoms with E-state index in [0.717, 1.165) is 12.1 Å². The van der Waals surface area contributed by atoms with Crippen molar-refractivity contribution in [1.29, 1.82) is 0 Å². The molecule has 2 N–H and O–H groups in total. The number of pyridine rings is 1. The average molecular weight is 263 g/mol. The van der Waals surface area contributed by atoms with Crippen LogP contribution in [0.2, 0.25) is 0 Å². The second-order valence-corrected chi connectivity index (χ2v) is 3.30. The van der Waals surface area contributed by atoms with Crippen molar-refractivity contribution < 1.29 is 22.7 Å². The molecule has 1 aromatic heterocycles. The third kappa shape index (κ3) is 3.79. The van der Waals surface area contributed by atoms with Crippen LogP contribution in [0.5, 0.6) is 0 Å². The molecule has 0 unspecified atom stereocenters. The van der Waals surface area contributed by atoms with Crippen molar-refractivity contribution in [3.63, 3.8) is 0 Å². The van der Waals surface area contributed by atoms with Crippen molar-refractivity contribution in [1.82, 2.24) is 4.98 Å². The molecule has 0 aliphatic rings. The van der Waals surface area contributed by atoms with E-state index in [2.05, 4.69) is 20.4 Å². The van der Waals surface area contributed by atoms with Gasteiger partial charge in [-0.1, -0.05) is 0 Å². The fourth-order valence-electron chi connectivity index (χ4n) is 1.15. The van der Waals surface area contributed by atoms with Crippen LogP contribution in [0.15, 0.2) is 12.1 Å². The molecule has 0 spiro atoms. The SMILES string of the molecule is CNc1cc(C(F)(F)F)cc(NCC(=O)OC)n1. The minimum atomic E-state index is -4.48. The van der Waals surface area contributed by atoms with Crippen molar-refractivity contribution in [3.8, 4) is 0 Å². The fourth-order valence-corrected chi connectivity index (χ4v) is 1.15. The Morgan fingerprint density at radius 2 is 2.00 bits per heavy atom. The van der Waals surface area contributed by atoms with E-state index in [1.807, 2.05) is 0 Å². The van der Waals surface area contributed by atoms with Crippen molar-refractivity contribution in [2.75, 3.05) is 31.3 Å². The molecule has 0 aliphatic carbocycles. The molecule has 0 saturated heterocycles. The van der Waals surface area contributed by atoms with Crippen LogP contribution in [0.4, 0.5) is 24.8 Å². The number of hydrogen-bond acceptors (Lipinski definition) is 5. The number of carbonyl (C=O) groups excluding carboxylic acids is 1. The van der Waals surface area contributed by atoms with Crippen LogP contribution < -0.4 is 10.6 Å². The van der Waals surface area contributed by atoms with Gasteiger partial charge in [-0.15, -0.1) is 0 Å². The zero-order chi connectivity index (χ0) is 13.8. The number of alkyl halides is 3. The lowest BCUT2D eigenvalue weighted by Crippen LogP contribution is -2.17. The fraction of sp³-hybridized carbons (Fsp3) is 0.400. The van der Waals surface area contributed by atoms with Gasteiger partial charge in [-0.05, 0) is 12.1 Å². The predicted molar refractivity (Wildman–Crippen MR) is 59.3 cm³/mol. The largest absolute Gasteiger partial charge is 0.468 e. The van der Waals surface area contributed by atoms with E-state index in [1.54, 1.807) is 0 Å². The molecule has 1 aromatic rings. The highest BCUT2D eigenvalue weighted by Crippen LogP contribution is 2.31. The van der Waals surface area contributed by atoms with Crippen LogP contribution in [0.1, 0.15) is 5.56 Å². The summed E-state index contributed by atoms with van der Waals surface area (Å²) >= 11 is 0. The standard InChI is InChI=1S/C10H12F3N3O2/c1-14-7-3-6(10(11,12)13)4-8(16-7)15-5-9(17)18-2/h3-4H,5H2,1-2H3,(H2,14,15,16). The van der Waals surface area contributed by atoms with Gasteiger partial charge < -0.3 is 15.4 Å². The quantitative estimate of drug-likeness (QED) is 0.810. The lowest BCUT2D eigenvalue weighted by atomic mass is 10.2. The van der Waals surface area contributed by atoms with Crippen LogP contribution in [-0.2, 0) is 15.7 Å². The van der Waals surface area contributed by atoms with Crippen LogP contribution in [0.25, 0.3) is 0 Å². The molecule has 0 aromatic carbocycles. The summed E-state index contributed by atoms with van der Waals surface area (Å²) in [7, 11) is 2.63. The van der Waals surface area contributed by atoms with Gasteiger partial charge in [-0.25, -0.2) is 4.98 Å². The molecule has 1 heterocycles. The molecule has 0 saturated carbocycles. The Bertz CT molecular complexity index is 435. The first-order chi connectivity index (χ1) is 8.36. The summed E-state index contributed by atoms with van der Waals surface area (Å²) in [4.78, 5) is 14.7. The van der Waals surface area contributed by atoms with Crippen molar-refractivity contribution >= 4 is 17.6 Å². The summed E-state index contributed by atoms with van der Waals surface area (Å²) in [6.45, 7) is -0.256. The Morgan fingerprint density at radius 1 is 1.39 bits per heavy atom. The first-order valence-electron chi connectivity index (χ1n) is 4.94. The van der Waals surface area contributed by atoms with Crippen LogP contribution in [0, 0.1) is 0 Å². The number of anilines is 2. The Balaban J connectivity index is 2.94. The molecule has 0 aliphatic heterocycles. The lowest BCUT2D eigenvalue weighted by molar-refractivity contribution is -0.138. The topological polar surface area (TPSA) is 63.2 Å². The highest BCUT2D eigenvalue weighted by atomic mass is 19.4. The van der Waals surface area contributed by atoms with Crippen molar-refractivity contribution in [3.05, 3.63) is 17.7 Å². The molecule has 0 fully saturated rings. The summed E-state index contributed by atoms with van der Waals surface area (Å²) in [5.41, 5.74) is -0.853. The number of esters is 1. The Hall–Kier alpha value is -1.99.